The van der Waals surface area contributed by atoms with Gasteiger partial charge in [-0.05, 0) is 124 Å². The van der Waals surface area contributed by atoms with Crippen LogP contribution in [0.15, 0.2) is 171 Å². The smallest absolute Gasteiger partial charge is 0.410 e. The quantitative estimate of drug-likeness (QED) is 0.0565. The Labute approximate surface area is 430 Å². The molecule has 0 saturated carbocycles. The SMILES string of the molecule is C=CC(=O)Nc1cccc(-c2cccc3cnc(Nc4ccc(NC5CN(C(=O)OC(C)(C)C)C5)cc4)nc23)c1.C=CC(=O)Nc1cccc(-c2cccc3cnc(Nc4ccc(NC5CN(C)C5)cc4)nc23)c1. The number of rotatable bonds is 14. The fourth-order valence-corrected chi connectivity index (χ4v) is 8.48. The molecule has 6 aromatic carbocycles. The third kappa shape index (κ3) is 12.7. The highest BCUT2D eigenvalue weighted by atomic mass is 16.6. The molecule has 2 aromatic heterocycles. The molecule has 374 valence electrons. The Hall–Kier alpha value is -9.15. The molecule has 2 aliphatic heterocycles. The van der Waals surface area contributed by atoms with E-state index in [1.165, 1.54) is 12.2 Å². The van der Waals surface area contributed by atoms with Gasteiger partial charge in [0.25, 0.3) is 0 Å². The predicted molar refractivity (Wildman–Crippen MR) is 297 cm³/mol. The number of likely N-dealkylation sites (tertiary alicyclic amines) is 2. The minimum atomic E-state index is -0.496. The summed E-state index contributed by atoms with van der Waals surface area (Å²) in [7, 11) is 2.12. The van der Waals surface area contributed by atoms with E-state index in [0.29, 0.717) is 42.4 Å². The van der Waals surface area contributed by atoms with Gasteiger partial charge in [-0.1, -0.05) is 73.8 Å². The van der Waals surface area contributed by atoms with Gasteiger partial charge in [0.15, 0.2) is 0 Å². The van der Waals surface area contributed by atoms with Crippen molar-refractivity contribution in [3.05, 3.63) is 171 Å². The van der Waals surface area contributed by atoms with Crippen molar-refractivity contribution in [3.63, 3.8) is 0 Å². The molecule has 3 amide bonds. The first-order chi connectivity index (χ1) is 35.7. The predicted octanol–water partition coefficient (Wildman–Crippen LogP) is 11.1. The Kier molecular flexibility index (Phi) is 14.9. The highest BCUT2D eigenvalue weighted by Crippen LogP contribution is 2.32. The number of hydrogen-bond donors (Lipinski definition) is 6. The van der Waals surface area contributed by atoms with E-state index in [0.717, 1.165) is 79.9 Å². The van der Waals surface area contributed by atoms with E-state index in [-0.39, 0.29) is 23.9 Å². The lowest BCUT2D eigenvalue weighted by atomic mass is 10.0. The van der Waals surface area contributed by atoms with Crippen LogP contribution in [0, 0.1) is 0 Å². The van der Waals surface area contributed by atoms with Crippen LogP contribution in [-0.2, 0) is 14.3 Å². The summed E-state index contributed by atoms with van der Waals surface area (Å²) in [6.07, 6.45) is 5.83. The molecular weight excluding hydrogens is 929 g/mol. The Balaban J connectivity index is 0.000000184. The van der Waals surface area contributed by atoms with Gasteiger partial charge in [-0.15, -0.1) is 0 Å². The zero-order valence-corrected chi connectivity index (χ0v) is 41.7. The average molecular weight is 987 g/mol. The molecule has 2 fully saturated rings. The first-order valence-electron chi connectivity index (χ1n) is 24.3. The van der Waals surface area contributed by atoms with Gasteiger partial charge in [0, 0.05) is 94.6 Å². The van der Waals surface area contributed by atoms with Crippen molar-refractivity contribution in [2.45, 2.75) is 38.5 Å². The first kappa shape index (κ1) is 49.8. The highest BCUT2D eigenvalue weighted by Gasteiger charge is 2.33. The zero-order valence-electron chi connectivity index (χ0n) is 41.7. The molecule has 4 heterocycles. The molecule has 2 aliphatic rings. The number of likely N-dealkylation sites (N-methyl/N-ethyl adjacent to an activating group) is 1. The highest BCUT2D eigenvalue weighted by molar-refractivity contribution is 6.01. The second-order valence-corrected chi connectivity index (χ2v) is 19.1. The molecule has 0 atom stereocenters. The second-order valence-electron chi connectivity index (χ2n) is 19.1. The molecule has 16 nitrogen and oxygen atoms in total. The van der Waals surface area contributed by atoms with Crippen molar-refractivity contribution >= 4 is 85.7 Å². The van der Waals surface area contributed by atoms with Crippen LogP contribution < -0.4 is 31.9 Å². The molecule has 10 rings (SSSR count). The summed E-state index contributed by atoms with van der Waals surface area (Å²) in [5, 5.41) is 21.0. The fraction of sp³-hybridized carbons (Fsp3) is 0.190. The molecule has 0 aliphatic carbocycles. The largest absolute Gasteiger partial charge is 0.444 e. The van der Waals surface area contributed by atoms with E-state index < -0.39 is 5.60 Å². The topological polar surface area (TPSA) is 191 Å². The number of amides is 3. The number of fused-ring (bicyclic) bond motifs is 2. The molecule has 8 aromatic rings. The summed E-state index contributed by atoms with van der Waals surface area (Å²) in [6, 6.07) is 44.0. The summed E-state index contributed by atoms with van der Waals surface area (Å²) in [5.41, 5.74) is 10.1. The minimum absolute atomic E-state index is 0.178. The molecular formula is C58H58N12O4. The number of nitrogens with zero attached hydrogens (tertiary/aromatic N) is 6. The van der Waals surface area contributed by atoms with Gasteiger partial charge in [0.05, 0.1) is 23.1 Å². The van der Waals surface area contributed by atoms with Crippen LogP contribution in [0.2, 0.25) is 0 Å². The summed E-state index contributed by atoms with van der Waals surface area (Å²) in [6.45, 7) is 15.9. The number of benzene rings is 6. The van der Waals surface area contributed by atoms with Crippen LogP contribution in [0.5, 0.6) is 0 Å². The number of ether oxygens (including phenoxy) is 1. The van der Waals surface area contributed by atoms with Crippen LogP contribution in [0.25, 0.3) is 44.1 Å². The third-order valence-electron chi connectivity index (χ3n) is 12.1. The monoisotopic (exact) mass is 986 g/mol. The average Bonchev–Trinajstić information content (AvgIpc) is 3.37. The summed E-state index contributed by atoms with van der Waals surface area (Å²) in [5.74, 6) is 0.492. The molecule has 0 unspecified atom stereocenters. The Bertz CT molecular complexity index is 3350. The Morgan fingerprint density at radius 3 is 1.41 bits per heavy atom. The minimum Gasteiger partial charge on any atom is -0.444 e. The molecule has 0 radical (unpaired) electrons. The molecule has 2 saturated heterocycles. The number of carbonyl (C=O) groups is 3. The van der Waals surface area contributed by atoms with E-state index in [1.54, 1.807) is 11.1 Å². The number of hydrogen-bond acceptors (Lipinski definition) is 13. The summed E-state index contributed by atoms with van der Waals surface area (Å²) < 4.78 is 5.42. The fourth-order valence-electron chi connectivity index (χ4n) is 8.48. The van der Waals surface area contributed by atoms with E-state index in [2.05, 4.69) is 79.1 Å². The van der Waals surface area contributed by atoms with E-state index in [1.807, 2.05) is 148 Å². The van der Waals surface area contributed by atoms with Gasteiger partial charge in [0.2, 0.25) is 23.7 Å². The number of anilines is 8. The molecule has 0 bridgehead atoms. The Morgan fingerprint density at radius 1 is 0.568 bits per heavy atom. The van der Waals surface area contributed by atoms with Gasteiger partial charge in [0.1, 0.15) is 5.60 Å². The van der Waals surface area contributed by atoms with E-state index >= 15 is 0 Å². The van der Waals surface area contributed by atoms with Crippen molar-refractivity contribution in [3.8, 4) is 22.3 Å². The third-order valence-corrected chi connectivity index (χ3v) is 12.1. The number of aromatic nitrogens is 4. The molecule has 0 spiro atoms. The van der Waals surface area contributed by atoms with Crippen LogP contribution in [0.1, 0.15) is 20.8 Å². The van der Waals surface area contributed by atoms with E-state index in [9.17, 15) is 14.4 Å². The Morgan fingerprint density at radius 2 is 0.986 bits per heavy atom. The number of carbonyl (C=O) groups excluding carboxylic acids is 3. The lowest BCUT2D eigenvalue weighted by Crippen LogP contribution is -2.57. The van der Waals surface area contributed by atoms with Gasteiger partial charge in [-0.3, -0.25) is 9.59 Å². The summed E-state index contributed by atoms with van der Waals surface area (Å²) >= 11 is 0. The van der Waals surface area contributed by atoms with Gasteiger partial charge < -0.3 is 46.4 Å². The standard InChI is InChI=1S/C31H32N6O3.C27H26N6O/c1-5-27(38)34-24-10-6-8-20(16-24)26-11-7-9-21-17-32-29(36-28(21)26)35-23-14-12-22(13-15-23)33-25-18-37(19-25)30(39)40-31(2,3)4;1-3-25(34)30-22-8-4-6-18(14-22)24-9-5-7-19-15-28-27(32-26(19)24)31-21-12-10-20(11-13-21)29-23-16-33(2)17-23/h5-17,25,33H,1,18-19H2,2-4H3,(H,34,38)(H,32,35,36);3-15,23,29H,1,16-17H2,2H3,(H,30,34)(H,28,31,32). The number of nitrogens with one attached hydrogen (secondary N) is 6. The second kappa shape index (κ2) is 22.1. The van der Waals surface area contributed by atoms with Crippen LogP contribution >= 0.6 is 0 Å². The van der Waals surface area contributed by atoms with Crippen molar-refractivity contribution < 1.29 is 19.1 Å². The maximum Gasteiger partial charge on any atom is 0.410 e. The van der Waals surface area contributed by atoms with Crippen molar-refractivity contribution in [1.29, 1.82) is 0 Å². The van der Waals surface area contributed by atoms with Crippen molar-refractivity contribution in [2.24, 2.45) is 0 Å². The zero-order chi connectivity index (χ0) is 51.8. The van der Waals surface area contributed by atoms with Gasteiger partial charge in [-0.25, -0.2) is 24.7 Å². The maximum atomic E-state index is 12.1. The van der Waals surface area contributed by atoms with Gasteiger partial charge >= 0.3 is 6.09 Å². The van der Waals surface area contributed by atoms with Gasteiger partial charge in [-0.2, -0.15) is 0 Å². The first-order valence-corrected chi connectivity index (χ1v) is 24.3. The van der Waals surface area contributed by atoms with E-state index in [4.69, 9.17) is 14.7 Å². The maximum absolute atomic E-state index is 12.1. The van der Waals surface area contributed by atoms with Crippen LogP contribution in [0.4, 0.5) is 50.8 Å². The molecule has 6 N–H and O–H groups in total. The number of para-hydroxylation sites is 2. The lowest BCUT2D eigenvalue weighted by Gasteiger charge is -2.40. The van der Waals surface area contributed by atoms with Crippen molar-refractivity contribution in [1.82, 2.24) is 29.7 Å². The van der Waals surface area contributed by atoms with Crippen molar-refractivity contribution in [2.75, 3.05) is 65.1 Å². The van der Waals surface area contributed by atoms with Crippen LogP contribution in [0.3, 0.4) is 0 Å². The lowest BCUT2D eigenvalue weighted by molar-refractivity contribution is -0.112. The normalized spacial score (nSPS) is 13.5. The summed E-state index contributed by atoms with van der Waals surface area (Å²) in [4.78, 5) is 58.2. The van der Waals surface area contributed by atoms with Crippen LogP contribution in [-0.4, -0.2) is 98.6 Å². The molecule has 16 heteroatoms. The molecule has 74 heavy (non-hydrogen) atoms.